The molecule has 1 heterocycles. The number of nitrogens with zero attached hydrogens (tertiary/aromatic N) is 1. The predicted octanol–water partition coefficient (Wildman–Crippen LogP) is 3.90. The molecule has 0 unspecified atom stereocenters. The molecule has 0 aliphatic carbocycles. The smallest absolute Gasteiger partial charge is 0.264 e. The van der Waals surface area contributed by atoms with Crippen LogP contribution < -0.4 is 10.9 Å². The Kier molecular flexibility index (Phi) is 4.98. The Hall–Kier alpha value is -3.21. The van der Waals surface area contributed by atoms with Gasteiger partial charge in [0.2, 0.25) is 0 Å². The molecule has 0 spiro atoms. The first-order chi connectivity index (χ1) is 12.5. The molecule has 0 aliphatic heterocycles. The van der Waals surface area contributed by atoms with E-state index in [0.717, 1.165) is 11.3 Å². The van der Waals surface area contributed by atoms with Crippen LogP contribution in [0.3, 0.4) is 0 Å². The summed E-state index contributed by atoms with van der Waals surface area (Å²) in [4.78, 5) is 25.6. The van der Waals surface area contributed by atoms with Crippen molar-refractivity contribution in [1.82, 2.24) is 4.57 Å². The SMILES string of the molecule is Cc1cc(C)n(Cc2ccccc2)c(=O)c1C(=O)Nc1cccc(F)c1. The van der Waals surface area contributed by atoms with Gasteiger partial charge < -0.3 is 9.88 Å². The van der Waals surface area contributed by atoms with E-state index in [4.69, 9.17) is 0 Å². The van der Waals surface area contributed by atoms with E-state index in [1.54, 1.807) is 17.6 Å². The highest BCUT2D eigenvalue weighted by Crippen LogP contribution is 2.13. The van der Waals surface area contributed by atoms with Crippen molar-refractivity contribution in [2.45, 2.75) is 20.4 Å². The third kappa shape index (κ3) is 3.72. The van der Waals surface area contributed by atoms with Crippen LogP contribution >= 0.6 is 0 Å². The molecule has 1 amide bonds. The van der Waals surface area contributed by atoms with Gasteiger partial charge in [0.15, 0.2) is 0 Å². The minimum Gasteiger partial charge on any atom is -0.322 e. The lowest BCUT2D eigenvalue weighted by Gasteiger charge is -2.15. The molecule has 0 bridgehead atoms. The fraction of sp³-hybridized carbons (Fsp3) is 0.143. The van der Waals surface area contributed by atoms with E-state index in [-0.39, 0.29) is 11.1 Å². The van der Waals surface area contributed by atoms with Crippen LogP contribution in [0.4, 0.5) is 10.1 Å². The zero-order chi connectivity index (χ0) is 18.7. The third-order valence-electron chi connectivity index (χ3n) is 4.20. The van der Waals surface area contributed by atoms with Gasteiger partial charge in [-0.2, -0.15) is 0 Å². The number of pyridine rings is 1. The monoisotopic (exact) mass is 350 g/mol. The summed E-state index contributed by atoms with van der Waals surface area (Å²) in [6, 6.07) is 17.0. The van der Waals surface area contributed by atoms with Crippen LogP contribution in [-0.4, -0.2) is 10.5 Å². The summed E-state index contributed by atoms with van der Waals surface area (Å²) >= 11 is 0. The van der Waals surface area contributed by atoms with Crippen LogP contribution in [0.5, 0.6) is 0 Å². The predicted molar refractivity (Wildman–Crippen MR) is 100 cm³/mol. The molecule has 1 aromatic heterocycles. The molecule has 2 aromatic carbocycles. The van der Waals surface area contributed by atoms with Gasteiger partial charge in [0.05, 0.1) is 6.54 Å². The lowest BCUT2D eigenvalue weighted by Crippen LogP contribution is -2.32. The highest BCUT2D eigenvalue weighted by Gasteiger charge is 2.18. The van der Waals surface area contributed by atoms with Crippen LogP contribution in [0.15, 0.2) is 65.5 Å². The first-order valence-corrected chi connectivity index (χ1v) is 8.27. The van der Waals surface area contributed by atoms with E-state index >= 15 is 0 Å². The molecule has 0 radical (unpaired) electrons. The van der Waals surface area contributed by atoms with Gasteiger partial charge in [-0.05, 0) is 49.2 Å². The molecule has 0 saturated heterocycles. The van der Waals surface area contributed by atoms with Crippen LogP contribution in [0.25, 0.3) is 0 Å². The number of halogens is 1. The van der Waals surface area contributed by atoms with Crippen molar-refractivity contribution in [3.8, 4) is 0 Å². The molecule has 0 saturated carbocycles. The molecule has 1 N–H and O–H groups in total. The van der Waals surface area contributed by atoms with E-state index in [0.29, 0.717) is 17.8 Å². The number of anilines is 1. The molecule has 0 aliphatic rings. The Morgan fingerprint density at radius 1 is 1.04 bits per heavy atom. The maximum absolute atomic E-state index is 13.3. The molecule has 5 heteroatoms. The Balaban J connectivity index is 1.98. The summed E-state index contributed by atoms with van der Waals surface area (Å²) in [7, 11) is 0. The van der Waals surface area contributed by atoms with E-state index < -0.39 is 11.7 Å². The summed E-state index contributed by atoms with van der Waals surface area (Å²) in [6.07, 6.45) is 0. The minimum absolute atomic E-state index is 0.0655. The van der Waals surface area contributed by atoms with Crippen molar-refractivity contribution in [3.63, 3.8) is 0 Å². The number of hydrogen-bond donors (Lipinski definition) is 1. The fourth-order valence-electron chi connectivity index (χ4n) is 2.93. The highest BCUT2D eigenvalue weighted by molar-refractivity contribution is 6.05. The van der Waals surface area contributed by atoms with Gasteiger partial charge >= 0.3 is 0 Å². The number of amides is 1. The summed E-state index contributed by atoms with van der Waals surface area (Å²) in [5.41, 5.74) is 2.35. The van der Waals surface area contributed by atoms with Crippen LogP contribution in [0, 0.1) is 19.7 Å². The van der Waals surface area contributed by atoms with Crippen molar-refractivity contribution in [2.24, 2.45) is 0 Å². The van der Waals surface area contributed by atoms with E-state index in [9.17, 15) is 14.0 Å². The van der Waals surface area contributed by atoms with Gasteiger partial charge in [-0.15, -0.1) is 0 Å². The number of benzene rings is 2. The quantitative estimate of drug-likeness (QED) is 0.776. The van der Waals surface area contributed by atoms with Crippen molar-refractivity contribution < 1.29 is 9.18 Å². The Morgan fingerprint density at radius 2 is 1.77 bits per heavy atom. The molecule has 3 rings (SSSR count). The van der Waals surface area contributed by atoms with Gasteiger partial charge in [-0.1, -0.05) is 36.4 Å². The molecular formula is C21H19FN2O2. The molecule has 0 atom stereocenters. The number of nitrogens with one attached hydrogen (secondary N) is 1. The third-order valence-corrected chi connectivity index (χ3v) is 4.20. The summed E-state index contributed by atoms with van der Waals surface area (Å²) in [5, 5.41) is 2.60. The van der Waals surface area contributed by atoms with Gasteiger partial charge in [-0.3, -0.25) is 9.59 Å². The van der Waals surface area contributed by atoms with E-state index in [2.05, 4.69) is 5.32 Å². The zero-order valence-electron chi connectivity index (χ0n) is 14.6. The molecule has 3 aromatic rings. The van der Waals surface area contributed by atoms with Crippen LogP contribution in [0.1, 0.15) is 27.2 Å². The highest BCUT2D eigenvalue weighted by atomic mass is 19.1. The summed E-state index contributed by atoms with van der Waals surface area (Å²) in [6.45, 7) is 3.94. The number of carbonyl (C=O) groups excluding carboxylic acids is 1. The zero-order valence-corrected chi connectivity index (χ0v) is 14.6. The Labute approximate surface area is 150 Å². The fourth-order valence-corrected chi connectivity index (χ4v) is 2.93. The second-order valence-corrected chi connectivity index (χ2v) is 6.19. The van der Waals surface area contributed by atoms with Gasteiger partial charge in [0.25, 0.3) is 11.5 Å². The maximum Gasteiger partial charge on any atom is 0.264 e. The maximum atomic E-state index is 13.3. The number of hydrogen-bond acceptors (Lipinski definition) is 2. The first-order valence-electron chi connectivity index (χ1n) is 8.27. The molecule has 26 heavy (non-hydrogen) atoms. The standard InChI is InChI=1S/C21H19FN2O2/c1-14-11-15(2)24(13-16-7-4-3-5-8-16)21(26)19(14)20(25)23-18-10-6-9-17(22)12-18/h3-12H,13H2,1-2H3,(H,23,25). The number of aryl methyl sites for hydroxylation is 2. The van der Waals surface area contributed by atoms with Gasteiger partial charge in [0.1, 0.15) is 11.4 Å². The lowest BCUT2D eigenvalue weighted by atomic mass is 10.1. The molecular weight excluding hydrogens is 331 g/mol. The summed E-state index contributed by atoms with van der Waals surface area (Å²) < 4.78 is 14.9. The van der Waals surface area contributed by atoms with Crippen molar-refractivity contribution in [2.75, 3.05) is 5.32 Å². The minimum atomic E-state index is -0.542. The second kappa shape index (κ2) is 7.35. The van der Waals surface area contributed by atoms with Crippen LogP contribution in [-0.2, 0) is 6.54 Å². The molecule has 132 valence electrons. The average molecular weight is 350 g/mol. The topological polar surface area (TPSA) is 51.1 Å². The van der Waals surface area contributed by atoms with Gasteiger partial charge in [0, 0.05) is 11.4 Å². The summed E-state index contributed by atoms with van der Waals surface area (Å²) in [5.74, 6) is -0.996. The molecule has 0 fully saturated rings. The Bertz CT molecular complexity index is 1010. The first kappa shape index (κ1) is 17.6. The van der Waals surface area contributed by atoms with Crippen molar-refractivity contribution in [1.29, 1.82) is 0 Å². The number of aromatic nitrogens is 1. The normalized spacial score (nSPS) is 10.6. The van der Waals surface area contributed by atoms with Crippen molar-refractivity contribution >= 4 is 11.6 Å². The Morgan fingerprint density at radius 3 is 2.46 bits per heavy atom. The van der Waals surface area contributed by atoms with Crippen LogP contribution in [0.2, 0.25) is 0 Å². The number of carbonyl (C=O) groups is 1. The largest absolute Gasteiger partial charge is 0.322 e. The van der Waals surface area contributed by atoms with E-state index in [1.165, 1.54) is 18.2 Å². The van der Waals surface area contributed by atoms with Gasteiger partial charge in [-0.25, -0.2) is 4.39 Å². The molecule has 4 nitrogen and oxygen atoms in total. The second-order valence-electron chi connectivity index (χ2n) is 6.19. The average Bonchev–Trinajstić information content (AvgIpc) is 2.59. The van der Waals surface area contributed by atoms with E-state index in [1.807, 2.05) is 43.3 Å². The lowest BCUT2D eigenvalue weighted by molar-refractivity contribution is 0.102. The van der Waals surface area contributed by atoms with Crippen molar-refractivity contribution in [3.05, 3.63) is 99.2 Å². The number of rotatable bonds is 4.